The van der Waals surface area contributed by atoms with E-state index in [0.717, 1.165) is 19.4 Å². The van der Waals surface area contributed by atoms with E-state index in [4.69, 9.17) is 4.74 Å². The lowest BCUT2D eigenvalue weighted by atomic mass is 9.79. The standard InChI is InChI=1S/C9H16O/c1-4-9(5-2,6-3)8-7-10-8/h4,8H,1,5-7H2,2-3H3. The fourth-order valence-electron chi connectivity index (χ4n) is 1.51. The maximum atomic E-state index is 5.28. The first-order chi connectivity index (χ1) is 4.79. The molecular weight excluding hydrogens is 124 g/mol. The lowest BCUT2D eigenvalue weighted by Crippen LogP contribution is -2.22. The Morgan fingerprint density at radius 1 is 1.60 bits per heavy atom. The molecule has 1 heterocycles. The van der Waals surface area contributed by atoms with Gasteiger partial charge in [0.05, 0.1) is 12.7 Å². The molecule has 0 aliphatic carbocycles. The van der Waals surface area contributed by atoms with Crippen molar-refractivity contribution < 1.29 is 4.74 Å². The highest BCUT2D eigenvalue weighted by atomic mass is 16.6. The average molecular weight is 140 g/mol. The topological polar surface area (TPSA) is 12.5 Å². The first-order valence-corrected chi connectivity index (χ1v) is 4.04. The zero-order valence-corrected chi connectivity index (χ0v) is 6.89. The van der Waals surface area contributed by atoms with Gasteiger partial charge in [0, 0.05) is 5.41 Å². The van der Waals surface area contributed by atoms with Crippen LogP contribution in [0, 0.1) is 5.41 Å². The molecule has 0 amide bonds. The van der Waals surface area contributed by atoms with Crippen molar-refractivity contribution in [1.29, 1.82) is 0 Å². The minimum Gasteiger partial charge on any atom is -0.372 e. The Bertz CT molecular complexity index is 121. The van der Waals surface area contributed by atoms with Gasteiger partial charge in [0.1, 0.15) is 0 Å². The summed E-state index contributed by atoms with van der Waals surface area (Å²) >= 11 is 0. The molecule has 1 fully saturated rings. The minimum atomic E-state index is 0.278. The molecule has 1 rings (SSSR count). The first kappa shape index (κ1) is 7.80. The molecule has 10 heavy (non-hydrogen) atoms. The van der Waals surface area contributed by atoms with E-state index in [9.17, 15) is 0 Å². The predicted molar refractivity (Wildman–Crippen MR) is 43.0 cm³/mol. The SMILES string of the molecule is C=CC(CC)(CC)C1CO1. The highest BCUT2D eigenvalue weighted by molar-refractivity contribution is 5.03. The van der Waals surface area contributed by atoms with Crippen LogP contribution in [0.15, 0.2) is 12.7 Å². The number of hydrogen-bond acceptors (Lipinski definition) is 1. The highest BCUT2D eigenvalue weighted by Crippen LogP contribution is 2.39. The van der Waals surface area contributed by atoms with Crippen molar-refractivity contribution in [3.05, 3.63) is 12.7 Å². The van der Waals surface area contributed by atoms with Crippen LogP contribution in [-0.2, 0) is 4.74 Å². The van der Waals surface area contributed by atoms with Gasteiger partial charge in [-0.05, 0) is 12.8 Å². The molecule has 0 spiro atoms. The lowest BCUT2D eigenvalue weighted by molar-refractivity contribution is 0.239. The smallest absolute Gasteiger partial charge is 0.0899 e. The molecular formula is C9H16O. The van der Waals surface area contributed by atoms with Gasteiger partial charge in [0.2, 0.25) is 0 Å². The van der Waals surface area contributed by atoms with Crippen LogP contribution in [0.5, 0.6) is 0 Å². The van der Waals surface area contributed by atoms with Crippen molar-refractivity contribution >= 4 is 0 Å². The van der Waals surface area contributed by atoms with E-state index in [1.54, 1.807) is 0 Å². The van der Waals surface area contributed by atoms with Crippen molar-refractivity contribution in [2.24, 2.45) is 5.41 Å². The molecule has 1 aliphatic heterocycles. The van der Waals surface area contributed by atoms with Crippen LogP contribution in [0.4, 0.5) is 0 Å². The number of hydrogen-bond donors (Lipinski definition) is 0. The van der Waals surface area contributed by atoms with E-state index in [2.05, 4.69) is 26.5 Å². The van der Waals surface area contributed by atoms with E-state index >= 15 is 0 Å². The zero-order valence-electron chi connectivity index (χ0n) is 6.89. The fraction of sp³-hybridized carbons (Fsp3) is 0.778. The van der Waals surface area contributed by atoms with E-state index in [0.29, 0.717) is 6.10 Å². The first-order valence-electron chi connectivity index (χ1n) is 4.04. The Kier molecular flexibility index (Phi) is 2.14. The second-order valence-electron chi connectivity index (χ2n) is 2.97. The maximum absolute atomic E-state index is 5.28. The molecule has 1 heteroatoms. The van der Waals surface area contributed by atoms with Crippen molar-refractivity contribution in [2.45, 2.75) is 32.8 Å². The molecule has 0 N–H and O–H groups in total. The third-order valence-electron chi connectivity index (χ3n) is 2.70. The largest absolute Gasteiger partial charge is 0.372 e. The molecule has 1 saturated heterocycles. The molecule has 0 radical (unpaired) electrons. The monoisotopic (exact) mass is 140 g/mol. The quantitative estimate of drug-likeness (QED) is 0.431. The Hall–Kier alpha value is -0.300. The van der Waals surface area contributed by atoms with Gasteiger partial charge < -0.3 is 4.74 Å². The molecule has 0 bridgehead atoms. The van der Waals surface area contributed by atoms with Crippen LogP contribution < -0.4 is 0 Å². The van der Waals surface area contributed by atoms with Crippen LogP contribution in [0.2, 0.25) is 0 Å². The third kappa shape index (κ3) is 1.10. The van der Waals surface area contributed by atoms with Gasteiger partial charge in [-0.15, -0.1) is 6.58 Å². The molecule has 0 saturated carbocycles. The summed E-state index contributed by atoms with van der Waals surface area (Å²) in [4.78, 5) is 0. The van der Waals surface area contributed by atoms with E-state index < -0.39 is 0 Å². The van der Waals surface area contributed by atoms with Crippen LogP contribution in [0.3, 0.4) is 0 Å². The fourth-order valence-corrected chi connectivity index (χ4v) is 1.51. The Morgan fingerprint density at radius 2 is 2.10 bits per heavy atom. The van der Waals surface area contributed by atoms with Gasteiger partial charge in [-0.2, -0.15) is 0 Å². The van der Waals surface area contributed by atoms with Crippen molar-refractivity contribution in [2.75, 3.05) is 6.61 Å². The Morgan fingerprint density at radius 3 is 2.20 bits per heavy atom. The van der Waals surface area contributed by atoms with Crippen LogP contribution >= 0.6 is 0 Å². The van der Waals surface area contributed by atoms with E-state index in [1.807, 2.05) is 0 Å². The van der Waals surface area contributed by atoms with Gasteiger partial charge in [-0.3, -0.25) is 0 Å². The van der Waals surface area contributed by atoms with Gasteiger partial charge in [-0.1, -0.05) is 19.9 Å². The molecule has 0 aromatic rings. The summed E-state index contributed by atoms with van der Waals surface area (Å²) in [5.41, 5.74) is 0.278. The van der Waals surface area contributed by atoms with Crippen LogP contribution in [0.25, 0.3) is 0 Å². The minimum absolute atomic E-state index is 0.278. The molecule has 1 nitrogen and oxygen atoms in total. The summed E-state index contributed by atoms with van der Waals surface area (Å²) in [6.45, 7) is 9.20. The summed E-state index contributed by atoms with van der Waals surface area (Å²) in [5.74, 6) is 0. The van der Waals surface area contributed by atoms with E-state index in [1.165, 1.54) is 0 Å². The second-order valence-corrected chi connectivity index (χ2v) is 2.97. The summed E-state index contributed by atoms with van der Waals surface area (Å²) in [7, 11) is 0. The third-order valence-corrected chi connectivity index (χ3v) is 2.70. The molecule has 58 valence electrons. The molecule has 0 aromatic heterocycles. The van der Waals surface area contributed by atoms with Crippen molar-refractivity contribution in [3.8, 4) is 0 Å². The predicted octanol–water partition coefficient (Wildman–Crippen LogP) is 2.38. The van der Waals surface area contributed by atoms with Gasteiger partial charge in [0.15, 0.2) is 0 Å². The van der Waals surface area contributed by atoms with Crippen molar-refractivity contribution in [1.82, 2.24) is 0 Å². The van der Waals surface area contributed by atoms with Gasteiger partial charge in [-0.25, -0.2) is 0 Å². The maximum Gasteiger partial charge on any atom is 0.0899 e. The lowest BCUT2D eigenvalue weighted by Gasteiger charge is -2.24. The Balaban J connectivity index is 2.60. The summed E-state index contributed by atoms with van der Waals surface area (Å²) in [5, 5.41) is 0. The average Bonchev–Trinajstić information content (AvgIpc) is 2.77. The summed E-state index contributed by atoms with van der Waals surface area (Å²) in [6, 6.07) is 0. The van der Waals surface area contributed by atoms with Crippen molar-refractivity contribution in [3.63, 3.8) is 0 Å². The summed E-state index contributed by atoms with van der Waals surface area (Å²) < 4.78 is 5.28. The number of epoxide rings is 1. The number of ether oxygens (including phenoxy) is 1. The molecule has 1 unspecified atom stereocenters. The normalized spacial score (nSPS) is 24.4. The zero-order chi connectivity index (χ0) is 7.61. The van der Waals surface area contributed by atoms with Crippen LogP contribution in [-0.4, -0.2) is 12.7 Å². The summed E-state index contributed by atoms with van der Waals surface area (Å²) in [6.07, 6.45) is 4.83. The molecule has 1 aliphatic rings. The van der Waals surface area contributed by atoms with E-state index in [-0.39, 0.29) is 5.41 Å². The van der Waals surface area contributed by atoms with Gasteiger partial charge >= 0.3 is 0 Å². The van der Waals surface area contributed by atoms with Crippen LogP contribution in [0.1, 0.15) is 26.7 Å². The number of rotatable bonds is 4. The Labute approximate surface area is 63.1 Å². The highest BCUT2D eigenvalue weighted by Gasteiger charge is 2.41. The molecule has 1 atom stereocenters. The van der Waals surface area contributed by atoms with Gasteiger partial charge in [0.25, 0.3) is 0 Å². The second kappa shape index (κ2) is 2.75. The molecule has 0 aromatic carbocycles.